The molecule has 0 bridgehead atoms. The minimum Gasteiger partial charge on any atom is -0.315 e. The molecular weight excluding hydrogens is 304 g/mol. The van der Waals surface area contributed by atoms with E-state index in [-0.39, 0.29) is 6.04 Å². The van der Waals surface area contributed by atoms with Crippen molar-refractivity contribution in [2.45, 2.75) is 23.8 Å². The highest BCUT2D eigenvalue weighted by Gasteiger charge is 2.21. The summed E-state index contributed by atoms with van der Waals surface area (Å²) in [6.45, 7) is 1.67. The average molecular weight is 319 g/mol. The first-order valence-corrected chi connectivity index (χ1v) is 7.84. The molecule has 1 fully saturated rings. The van der Waals surface area contributed by atoms with Gasteiger partial charge in [0.1, 0.15) is 0 Å². The summed E-state index contributed by atoms with van der Waals surface area (Å²) in [7, 11) is -3.40. The van der Waals surface area contributed by atoms with Crippen LogP contribution < -0.4 is 10.0 Å². The number of nitrogens with one attached hydrogen (secondary N) is 2. The van der Waals surface area contributed by atoms with Crippen LogP contribution >= 0.6 is 15.9 Å². The molecule has 17 heavy (non-hydrogen) atoms. The second-order valence-corrected chi connectivity index (χ2v) is 6.75. The van der Waals surface area contributed by atoms with E-state index in [1.807, 2.05) is 0 Å². The molecule has 1 aromatic carbocycles. The van der Waals surface area contributed by atoms with Crippen LogP contribution in [0.1, 0.15) is 12.8 Å². The highest BCUT2D eigenvalue weighted by Crippen LogP contribution is 2.16. The largest absolute Gasteiger partial charge is 0.315 e. The van der Waals surface area contributed by atoms with Gasteiger partial charge in [0.15, 0.2) is 0 Å². The van der Waals surface area contributed by atoms with Crippen molar-refractivity contribution < 1.29 is 8.42 Å². The van der Waals surface area contributed by atoms with Gasteiger partial charge in [-0.05, 0) is 37.6 Å². The van der Waals surface area contributed by atoms with Gasteiger partial charge in [0, 0.05) is 17.1 Å². The van der Waals surface area contributed by atoms with Gasteiger partial charge >= 0.3 is 0 Å². The van der Waals surface area contributed by atoms with Crippen LogP contribution in [0.2, 0.25) is 0 Å². The van der Waals surface area contributed by atoms with E-state index in [9.17, 15) is 8.42 Å². The fourth-order valence-electron chi connectivity index (χ4n) is 1.87. The Kier molecular flexibility index (Phi) is 4.19. The van der Waals surface area contributed by atoms with Crippen molar-refractivity contribution in [2.24, 2.45) is 0 Å². The quantitative estimate of drug-likeness (QED) is 0.887. The minimum atomic E-state index is -3.40. The van der Waals surface area contributed by atoms with Crippen molar-refractivity contribution >= 4 is 26.0 Å². The monoisotopic (exact) mass is 318 g/mol. The summed E-state index contributed by atoms with van der Waals surface area (Å²) in [6.07, 6.45) is 1.89. The van der Waals surface area contributed by atoms with Crippen molar-refractivity contribution in [3.05, 3.63) is 28.7 Å². The standard InChI is InChI=1S/C11H15BrN2O2S/c12-9-3-1-5-11(7-9)17(15,16)14-10-4-2-6-13-8-10/h1,3,5,7,10,13-14H,2,4,6,8H2. The predicted octanol–water partition coefficient (Wildman–Crippen LogP) is 1.48. The molecule has 0 aromatic heterocycles. The second kappa shape index (κ2) is 5.48. The molecule has 4 nitrogen and oxygen atoms in total. The number of piperidine rings is 1. The third-order valence-electron chi connectivity index (χ3n) is 2.73. The Bertz CT molecular complexity index is 484. The van der Waals surface area contributed by atoms with Crippen LogP contribution in [0.5, 0.6) is 0 Å². The number of sulfonamides is 1. The predicted molar refractivity (Wildman–Crippen MR) is 70.4 cm³/mol. The third kappa shape index (κ3) is 3.51. The van der Waals surface area contributed by atoms with E-state index in [1.54, 1.807) is 24.3 Å². The lowest BCUT2D eigenvalue weighted by Crippen LogP contribution is -2.45. The summed E-state index contributed by atoms with van der Waals surface area (Å²) >= 11 is 3.28. The van der Waals surface area contributed by atoms with Crippen molar-refractivity contribution in [3.8, 4) is 0 Å². The summed E-state index contributed by atoms with van der Waals surface area (Å²) in [6, 6.07) is 6.73. The van der Waals surface area contributed by atoms with Crippen LogP contribution in [0.3, 0.4) is 0 Å². The molecule has 1 atom stereocenters. The van der Waals surface area contributed by atoms with E-state index in [0.29, 0.717) is 11.4 Å². The van der Waals surface area contributed by atoms with Crippen LogP contribution in [0.25, 0.3) is 0 Å². The van der Waals surface area contributed by atoms with Gasteiger partial charge in [0.25, 0.3) is 0 Å². The van der Waals surface area contributed by atoms with Gasteiger partial charge in [-0.1, -0.05) is 22.0 Å². The molecule has 0 saturated carbocycles. The maximum Gasteiger partial charge on any atom is 0.240 e. The van der Waals surface area contributed by atoms with E-state index in [4.69, 9.17) is 0 Å². The average Bonchev–Trinajstić information content (AvgIpc) is 2.30. The Morgan fingerprint density at radius 3 is 2.88 bits per heavy atom. The number of benzene rings is 1. The number of rotatable bonds is 3. The Hall–Kier alpha value is -0.430. The van der Waals surface area contributed by atoms with Gasteiger partial charge in [-0.25, -0.2) is 13.1 Å². The van der Waals surface area contributed by atoms with Gasteiger partial charge in [-0.3, -0.25) is 0 Å². The minimum absolute atomic E-state index is 0.00673. The fourth-order valence-corrected chi connectivity index (χ4v) is 3.74. The Morgan fingerprint density at radius 2 is 2.24 bits per heavy atom. The van der Waals surface area contributed by atoms with Crippen LogP contribution in [-0.4, -0.2) is 27.5 Å². The van der Waals surface area contributed by atoms with Gasteiger partial charge < -0.3 is 5.32 Å². The smallest absolute Gasteiger partial charge is 0.240 e. The lowest BCUT2D eigenvalue weighted by atomic mass is 10.1. The van der Waals surface area contributed by atoms with E-state index < -0.39 is 10.0 Å². The normalized spacial score (nSPS) is 21.4. The first-order valence-electron chi connectivity index (χ1n) is 5.56. The molecule has 94 valence electrons. The zero-order chi connectivity index (χ0) is 12.3. The maximum absolute atomic E-state index is 12.1. The highest BCUT2D eigenvalue weighted by atomic mass is 79.9. The number of halogens is 1. The van der Waals surface area contributed by atoms with Crippen molar-refractivity contribution in [3.63, 3.8) is 0 Å². The maximum atomic E-state index is 12.1. The van der Waals surface area contributed by atoms with Crippen molar-refractivity contribution in [1.29, 1.82) is 0 Å². The summed E-state index contributed by atoms with van der Waals surface area (Å²) < 4.78 is 27.7. The van der Waals surface area contributed by atoms with E-state index >= 15 is 0 Å². The molecule has 2 N–H and O–H groups in total. The van der Waals surface area contributed by atoms with Gasteiger partial charge in [-0.2, -0.15) is 0 Å². The van der Waals surface area contributed by atoms with Gasteiger partial charge in [0.05, 0.1) is 4.90 Å². The van der Waals surface area contributed by atoms with E-state index in [2.05, 4.69) is 26.0 Å². The van der Waals surface area contributed by atoms with Crippen LogP contribution in [0, 0.1) is 0 Å². The van der Waals surface area contributed by atoms with Crippen LogP contribution in [0.15, 0.2) is 33.6 Å². The molecule has 1 saturated heterocycles. The lowest BCUT2D eigenvalue weighted by molar-refractivity contribution is 0.428. The molecule has 1 unspecified atom stereocenters. The summed E-state index contributed by atoms with van der Waals surface area (Å²) in [5.74, 6) is 0. The van der Waals surface area contributed by atoms with E-state index in [1.165, 1.54) is 0 Å². The zero-order valence-electron chi connectivity index (χ0n) is 9.32. The van der Waals surface area contributed by atoms with E-state index in [0.717, 1.165) is 23.9 Å². The van der Waals surface area contributed by atoms with Gasteiger partial charge in [0.2, 0.25) is 10.0 Å². The SMILES string of the molecule is O=S(=O)(NC1CCCNC1)c1cccc(Br)c1. The molecule has 1 heterocycles. The zero-order valence-corrected chi connectivity index (χ0v) is 11.7. The molecule has 0 amide bonds. The molecule has 1 aromatic rings. The van der Waals surface area contributed by atoms with Gasteiger partial charge in [-0.15, -0.1) is 0 Å². The Morgan fingerprint density at radius 1 is 1.41 bits per heavy atom. The summed E-state index contributed by atoms with van der Waals surface area (Å²) in [5, 5.41) is 3.18. The highest BCUT2D eigenvalue weighted by molar-refractivity contribution is 9.10. The van der Waals surface area contributed by atoms with Crippen molar-refractivity contribution in [2.75, 3.05) is 13.1 Å². The topological polar surface area (TPSA) is 58.2 Å². The van der Waals surface area contributed by atoms with Crippen LogP contribution in [-0.2, 0) is 10.0 Å². The summed E-state index contributed by atoms with van der Waals surface area (Å²) in [5.41, 5.74) is 0. The first kappa shape index (κ1) is 13.0. The summed E-state index contributed by atoms with van der Waals surface area (Å²) in [4.78, 5) is 0.303. The lowest BCUT2D eigenvalue weighted by Gasteiger charge is -2.23. The Balaban J connectivity index is 2.13. The molecule has 0 aliphatic carbocycles. The fraction of sp³-hybridized carbons (Fsp3) is 0.455. The second-order valence-electron chi connectivity index (χ2n) is 4.12. The first-order chi connectivity index (χ1) is 8.08. The molecule has 0 spiro atoms. The molecule has 1 aliphatic heterocycles. The Labute approximate surface area is 110 Å². The third-order valence-corrected chi connectivity index (χ3v) is 4.74. The molecule has 1 aliphatic rings. The number of hydrogen-bond acceptors (Lipinski definition) is 3. The van der Waals surface area contributed by atoms with Crippen LogP contribution in [0.4, 0.5) is 0 Å². The molecular formula is C11H15BrN2O2S. The molecule has 0 radical (unpaired) electrons. The van der Waals surface area contributed by atoms with Crippen molar-refractivity contribution in [1.82, 2.24) is 10.0 Å². The molecule has 6 heteroatoms. The molecule has 2 rings (SSSR count). The number of hydrogen-bond donors (Lipinski definition) is 2.